The van der Waals surface area contributed by atoms with Gasteiger partial charge in [-0.25, -0.2) is 0 Å². The summed E-state index contributed by atoms with van der Waals surface area (Å²) in [5.74, 6) is 0.00156. The number of nitrogens with one attached hydrogen (secondary N) is 1. The van der Waals surface area contributed by atoms with Crippen molar-refractivity contribution in [1.82, 2.24) is 10.2 Å². The Morgan fingerprint density at radius 2 is 2.09 bits per heavy atom. The van der Waals surface area contributed by atoms with Crippen LogP contribution in [-0.2, 0) is 4.79 Å². The first-order valence-corrected chi connectivity index (χ1v) is 7.59. The van der Waals surface area contributed by atoms with Crippen molar-refractivity contribution in [2.75, 3.05) is 5.32 Å². The zero-order valence-corrected chi connectivity index (χ0v) is 12.8. The van der Waals surface area contributed by atoms with Crippen molar-refractivity contribution in [3.8, 4) is 10.8 Å². The van der Waals surface area contributed by atoms with E-state index in [0.717, 1.165) is 10.4 Å². The van der Waals surface area contributed by atoms with E-state index in [1.165, 1.54) is 17.4 Å². The highest BCUT2D eigenvalue weighted by atomic mass is 35.5. The third-order valence-corrected chi connectivity index (χ3v) is 3.91. The highest BCUT2D eigenvalue weighted by Crippen LogP contribution is 2.24. The van der Waals surface area contributed by atoms with Gasteiger partial charge in [0, 0.05) is 11.1 Å². The van der Waals surface area contributed by atoms with Gasteiger partial charge >= 0.3 is 6.01 Å². The molecule has 22 heavy (non-hydrogen) atoms. The molecule has 0 atom stereocenters. The third-order valence-electron chi connectivity index (χ3n) is 2.71. The van der Waals surface area contributed by atoms with Gasteiger partial charge in [-0.05, 0) is 29.2 Å². The zero-order valence-electron chi connectivity index (χ0n) is 11.2. The monoisotopic (exact) mass is 331 g/mol. The van der Waals surface area contributed by atoms with Crippen LogP contribution in [0.1, 0.15) is 5.56 Å². The van der Waals surface area contributed by atoms with Crippen molar-refractivity contribution in [3.05, 3.63) is 58.4 Å². The van der Waals surface area contributed by atoms with Crippen molar-refractivity contribution in [3.63, 3.8) is 0 Å². The summed E-state index contributed by atoms with van der Waals surface area (Å²) in [6.45, 7) is 0. The fourth-order valence-corrected chi connectivity index (χ4v) is 2.54. The molecule has 1 amide bonds. The number of carbonyl (C=O) groups is 1. The van der Waals surface area contributed by atoms with Gasteiger partial charge in [0.1, 0.15) is 0 Å². The fraction of sp³-hybridized carbons (Fsp3) is 0. The lowest BCUT2D eigenvalue weighted by atomic mass is 10.2. The molecule has 0 unspecified atom stereocenters. The average Bonchev–Trinajstić information content (AvgIpc) is 3.17. The van der Waals surface area contributed by atoms with E-state index in [0.29, 0.717) is 10.9 Å². The number of rotatable bonds is 4. The first kappa shape index (κ1) is 14.5. The first-order valence-electron chi connectivity index (χ1n) is 6.33. The van der Waals surface area contributed by atoms with E-state index in [2.05, 4.69) is 15.5 Å². The molecular formula is C15H10ClN3O2S. The Hall–Kier alpha value is -2.44. The maximum absolute atomic E-state index is 11.8. The summed E-state index contributed by atoms with van der Waals surface area (Å²) in [6, 6.07) is 11.0. The number of thiophene rings is 1. The van der Waals surface area contributed by atoms with E-state index in [1.54, 1.807) is 12.1 Å². The van der Waals surface area contributed by atoms with Crippen molar-refractivity contribution in [1.29, 1.82) is 0 Å². The second-order valence-electron chi connectivity index (χ2n) is 4.23. The second kappa shape index (κ2) is 6.55. The van der Waals surface area contributed by atoms with E-state index in [-0.39, 0.29) is 11.9 Å². The SMILES string of the molecule is O=C(C=Cc1ccccc1Cl)Nc1nnc(-c2cccs2)o1. The van der Waals surface area contributed by atoms with Gasteiger partial charge in [-0.3, -0.25) is 10.1 Å². The first-order chi connectivity index (χ1) is 10.7. The van der Waals surface area contributed by atoms with Gasteiger partial charge in [-0.1, -0.05) is 41.0 Å². The molecule has 110 valence electrons. The number of carbonyl (C=O) groups excluding carboxylic acids is 1. The quantitative estimate of drug-likeness (QED) is 0.731. The molecule has 0 aliphatic heterocycles. The minimum absolute atomic E-state index is 0.0530. The molecule has 1 N–H and O–H groups in total. The largest absolute Gasteiger partial charge is 0.402 e. The van der Waals surface area contributed by atoms with Crippen molar-refractivity contribution in [2.24, 2.45) is 0 Å². The van der Waals surface area contributed by atoms with E-state index in [1.807, 2.05) is 35.7 Å². The molecule has 0 bridgehead atoms. The molecule has 0 saturated heterocycles. The number of hydrogen-bond acceptors (Lipinski definition) is 5. The number of anilines is 1. The van der Waals surface area contributed by atoms with Crippen LogP contribution in [0.3, 0.4) is 0 Å². The second-order valence-corrected chi connectivity index (χ2v) is 5.59. The molecular weight excluding hydrogens is 322 g/mol. The zero-order chi connectivity index (χ0) is 15.4. The van der Waals surface area contributed by atoms with Gasteiger partial charge < -0.3 is 4.42 Å². The summed E-state index contributed by atoms with van der Waals surface area (Å²) in [6.07, 6.45) is 2.98. The van der Waals surface area contributed by atoms with Gasteiger partial charge in [-0.2, -0.15) is 0 Å². The van der Waals surface area contributed by atoms with Gasteiger partial charge in [0.2, 0.25) is 0 Å². The number of aromatic nitrogens is 2. The van der Waals surface area contributed by atoms with Crippen molar-refractivity contribution < 1.29 is 9.21 Å². The third kappa shape index (κ3) is 3.41. The summed E-state index contributed by atoms with van der Waals surface area (Å²) in [7, 11) is 0. The lowest BCUT2D eigenvalue weighted by Crippen LogP contribution is -2.07. The predicted octanol–water partition coefficient (Wildman–Crippen LogP) is 4.10. The van der Waals surface area contributed by atoms with E-state index >= 15 is 0 Å². The van der Waals surface area contributed by atoms with Crippen LogP contribution in [-0.4, -0.2) is 16.1 Å². The molecule has 7 heteroatoms. The van der Waals surface area contributed by atoms with Crippen LogP contribution in [0, 0.1) is 0 Å². The predicted molar refractivity (Wildman–Crippen MR) is 86.7 cm³/mol. The maximum Gasteiger partial charge on any atom is 0.322 e. The van der Waals surface area contributed by atoms with Crippen LogP contribution >= 0.6 is 22.9 Å². The Bertz CT molecular complexity index is 812. The van der Waals surface area contributed by atoms with Gasteiger partial charge in [-0.15, -0.1) is 16.4 Å². The molecule has 0 radical (unpaired) electrons. The number of amides is 1. The summed E-state index contributed by atoms with van der Waals surface area (Å²) in [4.78, 5) is 12.7. The fourth-order valence-electron chi connectivity index (χ4n) is 1.70. The number of halogens is 1. The Labute approximate surface area is 135 Å². The number of nitrogens with zero attached hydrogens (tertiary/aromatic N) is 2. The maximum atomic E-state index is 11.8. The van der Waals surface area contributed by atoms with Crippen molar-refractivity contribution in [2.45, 2.75) is 0 Å². The lowest BCUT2D eigenvalue weighted by molar-refractivity contribution is -0.112. The van der Waals surface area contributed by atoms with Gasteiger partial charge in [0.05, 0.1) is 4.88 Å². The van der Waals surface area contributed by atoms with Crippen LogP contribution < -0.4 is 5.32 Å². The van der Waals surface area contributed by atoms with Crippen molar-refractivity contribution >= 4 is 40.9 Å². The highest BCUT2D eigenvalue weighted by Gasteiger charge is 2.10. The Balaban J connectivity index is 1.66. The molecule has 0 spiro atoms. The van der Waals surface area contributed by atoms with Gasteiger partial charge in [0.15, 0.2) is 0 Å². The molecule has 0 saturated carbocycles. The molecule has 0 aliphatic rings. The molecule has 3 aromatic rings. The molecule has 3 rings (SSSR count). The standard InChI is InChI=1S/C15H10ClN3O2S/c16-11-5-2-1-4-10(11)7-8-13(20)17-15-19-18-14(21-15)12-6-3-9-22-12/h1-9H,(H,17,19,20). The Morgan fingerprint density at radius 1 is 1.23 bits per heavy atom. The minimum atomic E-state index is -0.374. The Kier molecular flexibility index (Phi) is 4.32. The topological polar surface area (TPSA) is 68.0 Å². The van der Waals surface area contributed by atoms with Crippen LogP contribution in [0.5, 0.6) is 0 Å². The summed E-state index contributed by atoms with van der Waals surface area (Å²) < 4.78 is 5.37. The minimum Gasteiger partial charge on any atom is -0.402 e. The molecule has 1 aromatic carbocycles. The van der Waals surface area contributed by atoms with Crippen LogP contribution in [0.2, 0.25) is 5.02 Å². The molecule has 5 nitrogen and oxygen atoms in total. The summed E-state index contributed by atoms with van der Waals surface area (Å²) >= 11 is 7.49. The van der Waals surface area contributed by atoms with E-state index in [9.17, 15) is 4.79 Å². The summed E-state index contributed by atoms with van der Waals surface area (Å²) in [5, 5.41) is 12.7. The highest BCUT2D eigenvalue weighted by molar-refractivity contribution is 7.13. The van der Waals surface area contributed by atoms with E-state index < -0.39 is 0 Å². The normalized spacial score (nSPS) is 11.0. The lowest BCUT2D eigenvalue weighted by Gasteiger charge is -1.97. The smallest absolute Gasteiger partial charge is 0.322 e. The molecule has 2 aromatic heterocycles. The summed E-state index contributed by atoms with van der Waals surface area (Å²) in [5.41, 5.74) is 0.754. The van der Waals surface area contributed by atoms with Crippen LogP contribution in [0.25, 0.3) is 16.8 Å². The molecule has 2 heterocycles. The van der Waals surface area contributed by atoms with Crippen LogP contribution in [0.15, 0.2) is 52.3 Å². The van der Waals surface area contributed by atoms with Gasteiger partial charge in [0.25, 0.3) is 11.8 Å². The Morgan fingerprint density at radius 3 is 2.86 bits per heavy atom. The number of benzene rings is 1. The average molecular weight is 332 g/mol. The van der Waals surface area contributed by atoms with E-state index in [4.69, 9.17) is 16.0 Å². The number of hydrogen-bond donors (Lipinski definition) is 1. The molecule has 0 fully saturated rings. The molecule has 0 aliphatic carbocycles. The van der Waals surface area contributed by atoms with Crippen LogP contribution in [0.4, 0.5) is 6.01 Å².